The Morgan fingerprint density at radius 2 is 2.10 bits per heavy atom. The minimum Gasteiger partial charge on any atom is -0.383 e. The highest BCUT2D eigenvalue weighted by Crippen LogP contribution is 2.45. The van der Waals surface area contributed by atoms with E-state index in [2.05, 4.69) is 5.32 Å². The zero-order chi connectivity index (χ0) is 15.0. The molecule has 7 heteroatoms. The molecule has 1 spiro atoms. The highest BCUT2D eigenvalue weighted by atomic mass is 16.6. The maximum atomic E-state index is 12.5. The fourth-order valence-electron chi connectivity index (χ4n) is 2.74. The first kappa shape index (κ1) is 14.0. The molecule has 0 bridgehead atoms. The lowest BCUT2D eigenvalue weighted by molar-refractivity contribution is -0.384. The summed E-state index contributed by atoms with van der Waals surface area (Å²) < 4.78 is 5.06. The van der Waals surface area contributed by atoms with Gasteiger partial charge in [0.25, 0.3) is 5.69 Å². The number of nitrogens with zero attached hydrogens (tertiary/aromatic N) is 2. The molecule has 1 atom stereocenters. The van der Waals surface area contributed by atoms with Gasteiger partial charge in [0.05, 0.1) is 11.5 Å². The van der Waals surface area contributed by atoms with Crippen molar-refractivity contribution in [1.29, 1.82) is 0 Å². The van der Waals surface area contributed by atoms with E-state index in [1.54, 1.807) is 24.1 Å². The first-order valence-electron chi connectivity index (χ1n) is 6.89. The minimum absolute atomic E-state index is 0.0488. The van der Waals surface area contributed by atoms with Crippen LogP contribution in [0.5, 0.6) is 0 Å². The molecule has 1 heterocycles. The van der Waals surface area contributed by atoms with Crippen molar-refractivity contribution in [2.24, 2.45) is 0 Å². The summed E-state index contributed by atoms with van der Waals surface area (Å²) in [7, 11) is 1.60. The molecule has 112 valence electrons. The largest absolute Gasteiger partial charge is 0.383 e. The Hall–Kier alpha value is -1.99. The second kappa shape index (κ2) is 5.09. The van der Waals surface area contributed by atoms with E-state index in [9.17, 15) is 14.9 Å². The van der Waals surface area contributed by atoms with Crippen molar-refractivity contribution in [2.45, 2.75) is 24.5 Å². The van der Waals surface area contributed by atoms with Crippen LogP contribution in [-0.2, 0) is 9.53 Å². The number of carbonyl (C=O) groups is 1. The number of non-ortho nitro benzene ring substituents is 1. The summed E-state index contributed by atoms with van der Waals surface area (Å²) in [5.41, 5.74) is 0.488. The van der Waals surface area contributed by atoms with Gasteiger partial charge in [0.1, 0.15) is 11.7 Å². The zero-order valence-electron chi connectivity index (χ0n) is 11.7. The molecule has 1 aromatic rings. The van der Waals surface area contributed by atoms with Crippen LogP contribution >= 0.6 is 0 Å². The highest BCUT2D eigenvalue weighted by molar-refractivity contribution is 5.92. The molecule has 0 aromatic heterocycles. The first-order chi connectivity index (χ1) is 10.1. The molecule has 1 amide bonds. The normalized spacial score (nSPS) is 22.8. The third kappa shape index (κ3) is 2.38. The lowest BCUT2D eigenvalue weighted by atomic mass is 10.1. The zero-order valence-corrected chi connectivity index (χ0v) is 11.7. The summed E-state index contributed by atoms with van der Waals surface area (Å²) in [6.45, 7) is 0.971. The van der Waals surface area contributed by atoms with Crippen molar-refractivity contribution in [2.75, 3.05) is 20.3 Å². The average molecular weight is 291 g/mol. The van der Waals surface area contributed by atoms with Crippen LogP contribution in [-0.4, -0.2) is 41.5 Å². The average Bonchev–Trinajstić information content (AvgIpc) is 3.21. The monoisotopic (exact) mass is 291 g/mol. The molecule has 1 saturated heterocycles. The number of rotatable bonds is 5. The van der Waals surface area contributed by atoms with Crippen LogP contribution in [0.1, 0.15) is 24.6 Å². The molecule has 3 rings (SSSR count). The minimum atomic E-state index is -0.428. The molecule has 1 saturated carbocycles. The third-order valence-electron chi connectivity index (χ3n) is 4.10. The molecule has 1 unspecified atom stereocenters. The van der Waals surface area contributed by atoms with Gasteiger partial charge in [-0.05, 0) is 30.5 Å². The van der Waals surface area contributed by atoms with Gasteiger partial charge in [0.15, 0.2) is 0 Å². The molecule has 0 radical (unpaired) electrons. The summed E-state index contributed by atoms with van der Waals surface area (Å²) in [6.07, 6.45) is 1.45. The molecule has 1 N–H and O–H groups in total. The molecular weight excluding hydrogens is 274 g/mol. The van der Waals surface area contributed by atoms with Gasteiger partial charge < -0.3 is 9.64 Å². The lowest BCUT2D eigenvalue weighted by Crippen LogP contribution is -2.34. The molecule has 2 aliphatic rings. The second-order valence-corrected chi connectivity index (χ2v) is 5.47. The van der Waals surface area contributed by atoms with Crippen LogP contribution in [0.4, 0.5) is 5.69 Å². The Kier molecular flexibility index (Phi) is 3.38. The SMILES string of the molecule is COCCN1C(=O)C2(CC2)NC1c1ccc([N+](=O)[O-])cc1. The van der Waals surface area contributed by atoms with E-state index >= 15 is 0 Å². The van der Waals surface area contributed by atoms with Crippen molar-refractivity contribution >= 4 is 11.6 Å². The summed E-state index contributed by atoms with van der Waals surface area (Å²) in [4.78, 5) is 24.5. The third-order valence-corrected chi connectivity index (χ3v) is 4.10. The quantitative estimate of drug-likeness (QED) is 0.651. The van der Waals surface area contributed by atoms with Gasteiger partial charge in [-0.1, -0.05) is 0 Å². The smallest absolute Gasteiger partial charge is 0.269 e. The van der Waals surface area contributed by atoms with Crippen molar-refractivity contribution in [3.63, 3.8) is 0 Å². The van der Waals surface area contributed by atoms with Crippen LogP contribution in [0.25, 0.3) is 0 Å². The molecule has 2 fully saturated rings. The number of carbonyl (C=O) groups excluding carboxylic acids is 1. The molecule has 1 aliphatic heterocycles. The van der Waals surface area contributed by atoms with Gasteiger partial charge >= 0.3 is 0 Å². The summed E-state index contributed by atoms with van der Waals surface area (Å²) in [6, 6.07) is 6.33. The maximum absolute atomic E-state index is 12.5. The second-order valence-electron chi connectivity index (χ2n) is 5.47. The van der Waals surface area contributed by atoms with E-state index in [1.165, 1.54) is 12.1 Å². The molecule has 1 aromatic carbocycles. The van der Waals surface area contributed by atoms with Gasteiger partial charge in [0, 0.05) is 25.8 Å². The van der Waals surface area contributed by atoms with Crippen LogP contribution in [0, 0.1) is 10.1 Å². The number of nitrogens with one attached hydrogen (secondary N) is 1. The van der Waals surface area contributed by atoms with Gasteiger partial charge in [-0.25, -0.2) is 0 Å². The Morgan fingerprint density at radius 1 is 1.43 bits per heavy atom. The maximum Gasteiger partial charge on any atom is 0.269 e. The van der Waals surface area contributed by atoms with E-state index in [-0.39, 0.29) is 17.8 Å². The number of nitro benzene ring substituents is 1. The van der Waals surface area contributed by atoms with Gasteiger partial charge in [0.2, 0.25) is 5.91 Å². The van der Waals surface area contributed by atoms with Crippen LogP contribution < -0.4 is 5.32 Å². The molecule has 1 aliphatic carbocycles. The Balaban J connectivity index is 1.84. The van der Waals surface area contributed by atoms with E-state index in [4.69, 9.17) is 4.74 Å². The van der Waals surface area contributed by atoms with Crippen molar-refractivity contribution < 1.29 is 14.5 Å². The Bertz CT molecular complexity index is 568. The first-order valence-corrected chi connectivity index (χ1v) is 6.89. The summed E-state index contributed by atoms with van der Waals surface area (Å²) >= 11 is 0. The van der Waals surface area contributed by atoms with Gasteiger partial charge in [-0.3, -0.25) is 20.2 Å². The number of hydrogen-bond acceptors (Lipinski definition) is 5. The van der Waals surface area contributed by atoms with Crippen LogP contribution in [0.15, 0.2) is 24.3 Å². The van der Waals surface area contributed by atoms with E-state index in [1.807, 2.05) is 0 Å². The summed E-state index contributed by atoms with van der Waals surface area (Å²) in [5.74, 6) is 0.0999. The number of methoxy groups -OCH3 is 1. The topological polar surface area (TPSA) is 84.7 Å². The highest BCUT2D eigenvalue weighted by Gasteiger charge is 2.59. The Morgan fingerprint density at radius 3 is 2.62 bits per heavy atom. The van der Waals surface area contributed by atoms with Gasteiger partial charge in [-0.15, -0.1) is 0 Å². The molecule has 21 heavy (non-hydrogen) atoms. The predicted octanol–water partition coefficient (Wildman–Crippen LogP) is 1.20. The number of hydrogen-bond donors (Lipinski definition) is 1. The van der Waals surface area contributed by atoms with Crippen molar-refractivity contribution in [3.05, 3.63) is 39.9 Å². The fraction of sp³-hybridized carbons (Fsp3) is 0.500. The van der Waals surface area contributed by atoms with E-state index in [0.717, 1.165) is 18.4 Å². The number of ether oxygens (including phenoxy) is 1. The fourth-order valence-corrected chi connectivity index (χ4v) is 2.74. The van der Waals surface area contributed by atoms with Crippen molar-refractivity contribution in [1.82, 2.24) is 10.2 Å². The molecule has 7 nitrogen and oxygen atoms in total. The van der Waals surface area contributed by atoms with E-state index < -0.39 is 10.5 Å². The van der Waals surface area contributed by atoms with Crippen LogP contribution in [0.3, 0.4) is 0 Å². The predicted molar refractivity (Wildman–Crippen MR) is 74.5 cm³/mol. The van der Waals surface area contributed by atoms with Gasteiger partial charge in [-0.2, -0.15) is 0 Å². The number of nitro groups is 1. The molecular formula is C14H17N3O4. The standard InChI is InChI=1S/C14H17N3O4/c1-21-9-8-16-12(15-14(6-7-14)13(16)18)10-2-4-11(5-3-10)17(19)20/h2-5,12,15H,6-9H2,1H3. The van der Waals surface area contributed by atoms with Crippen molar-refractivity contribution in [3.8, 4) is 0 Å². The van der Waals surface area contributed by atoms with Crippen LogP contribution in [0.2, 0.25) is 0 Å². The van der Waals surface area contributed by atoms with E-state index in [0.29, 0.717) is 13.2 Å². The Labute approximate surface area is 122 Å². The number of benzene rings is 1. The number of amides is 1. The summed E-state index contributed by atoms with van der Waals surface area (Å²) in [5, 5.41) is 14.1. The lowest BCUT2D eigenvalue weighted by Gasteiger charge is -2.24.